The molecule has 1 rings (SSSR count). The van der Waals surface area contributed by atoms with Crippen LogP contribution in [0.2, 0.25) is 0 Å². The molecule has 0 saturated carbocycles. The molecule has 0 radical (unpaired) electrons. The van der Waals surface area contributed by atoms with Crippen molar-refractivity contribution in [3.63, 3.8) is 0 Å². The van der Waals surface area contributed by atoms with Gasteiger partial charge in [-0.15, -0.1) is 0 Å². The minimum Gasteiger partial charge on any atom is -0.492 e. The fourth-order valence-corrected chi connectivity index (χ4v) is 1.27. The van der Waals surface area contributed by atoms with Gasteiger partial charge in [0.05, 0.1) is 11.5 Å². The number of rotatable bonds is 6. The number of nitrogens with zero attached hydrogens (tertiary/aromatic N) is 1. The third kappa shape index (κ3) is 3.44. The van der Waals surface area contributed by atoms with Gasteiger partial charge in [0.2, 0.25) is 0 Å². The van der Waals surface area contributed by atoms with Crippen LogP contribution in [0, 0.1) is 16.0 Å². The van der Waals surface area contributed by atoms with E-state index in [0.717, 1.165) is 12.5 Å². The number of benzene rings is 1. The number of hydrogen-bond donors (Lipinski definition) is 1. The maximum atomic E-state index is 11.0. The maximum Gasteiger partial charge on any atom is 0.339 e. The lowest BCUT2D eigenvalue weighted by molar-refractivity contribution is -0.384. The second-order valence-corrected chi connectivity index (χ2v) is 4.07. The Bertz CT molecular complexity index is 458. The fraction of sp³-hybridized carbons (Fsp3) is 0.417. The Kier molecular flexibility index (Phi) is 4.65. The number of carbonyl (C=O) groups is 1. The number of hydrogen-bond acceptors (Lipinski definition) is 4. The summed E-state index contributed by atoms with van der Waals surface area (Å²) >= 11 is 0. The predicted molar refractivity (Wildman–Crippen MR) is 65.0 cm³/mol. The number of carboxylic acids is 1. The van der Waals surface area contributed by atoms with Crippen LogP contribution in [-0.2, 0) is 0 Å². The van der Waals surface area contributed by atoms with Gasteiger partial charge in [0.25, 0.3) is 5.69 Å². The minimum absolute atomic E-state index is 0.161. The van der Waals surface area contributed by atoms with Crippen molar-refractivity contribution in [2.75, 3.05) is 6.61 Å². The van der Waals surface area contributed by atoms with E-state index in [1.54, 1.807) is 0 Å². The SMILES string of the molecule is CCC(C)COc1ccc([N+](=O)[O-])cc1C(=O)O. The van der Waals surface area contributed by atoms with Gasteiger partial charge in [-0.1, -0.05) is 20.3 Å². The molecule has 1 atom stereocenters. The quantitative estimate of drug-likeness (QED) is 0.621. The molecule has 0 saturated heterocycles. The van der Waals surface area contributed by atoms with E-state index in [1.807, 2.05) is 13.8 Å². The highest BCUT2D eigenvalue weighted by Crippen LogP contribution is 2.24. The van der Waals surface area contributed by atoms with E-state index in [4.69, 9.17) is 9.84 Å². The van der Waals surface area contributed by atoms with Gasteiger partial charge in [0, 0.05) is 12.1 Å². The third-order valence-electron chi connectivity index (χ3n) is 2.62. The molecule has 0 amide bonds. The summed E-state index contributed by atoms with van der Waals surface area (Å²) in [6.45, 7) is 4.36. The van der Waals surface area contributed by atoms with Crippen LogP contribution in [0.25, 0.3) is 0 Å². The van der Waals surface area contributed by atoms with Crippen molar-refractivity contribution in [1.82, 2.24) is 0 Å². The zero-order chi connectivity index (χ0) is 13.7. The number of carboxylic acid groups (broad SMARTS) is 1. The molecule has 0 heterocycles. The molecule has 0 bridgehead atoms. The normalized spacial score (nSPS) is 11.9. The number of non-ortho nitro benzene ring substituents is 1. The lowest BCUT2D eigenvalue weighted by atomic mass is 10.1. The van der Waals surface area contributed by atoms with E-state index in [1.165, 1.54) is 12.1 Å². The summed E-state index contributed by atoms with van der Waals surface area (Å²) in [6, 6.07) is 3.57. The molecular formula is C12H15NO5. The molecule has 0 aliphatic carbocycles. The van der Waals surface area contributed by atoms with Crippen LogP contribution in [0.15, 0.2) is 18.2 Å². The van der Waals surface area contributed by atoms with Crippen molar-refractivity contribution in [2.24, 2.45) is 5.92 Å². The van der Waals surface area contributed by atoms with Crippen LogP contribution in [0.1, 0.15) is 30.6 Å². The summed E-state index contributed by atoms with van der Waals surface area (Å²) in [5.74, 6) is -0.784. The first-order valence-electron chi connectivity index (χ1n) is 5.60. The van der Waals surface area contributed by atoms with E-state index >= 15 is 0 Å². The van der Waals surface area contributed by atoms with Crippen LogP contribution >= 0.6 is 0 Å². The zero-order valence-electron chi connectivity index (χ0n) is 10.3. The molecule has 0 fully saturated rings. The average molecular weight is 253 g/mol. The van der Waals surface area contributed by atoms with E-state index in [0.29, 0.717) is 12.5 Å². The molecule has 1 aromatic rings. The molecule has 1 unspecified atom stereocenters. The monoisotopic (exact) mass is 253 g/mol. The smallest absolute Gasteiger partial charge is 0.339 e. The lowest BCUT2D eigenvalue weighted by Crippen LogP contribution is -2.10. The summed E-state index contributed by atoms with van der Waals surface area (Å²) in [4.78, 5) is 20.9. The van der Waals surface area contributed by atoms with Crippen LogP contribution in [0.5, 0.6) is 5.75 Å². The summed E-state index contributed by atoms with van der Waals surface area (Å²) in [6.07, 6.45) is 0.912. The van der Waals surface area contributed by atoms with Crippen molar-refractivity contribution >= 4 is 11.7 Å². The Morgan fingerprint density at radius 1 is 1.56 bits per heavy atom. The minimum atomic E-state index is -1.24. The second-order valence-electron chi connectivity index (χ2n) is 4.07. The highest BCUT2D eigenvalue weighted by atomic mass is 16.6. The molecular weight excluding hydrogens is 238 g/mol. The van der Waals surface area contributed by atoms with E-state index in [-0.39, 0.29) is 17.0 Å². The van der Waals surface area contributed by atoms with Gasteiger partial charge in [-0.05, 0) is 12.0 Å². The molecule has 0 aliphatic rings. The Labute approximate surface area is 104 Å². The first-order chi connectivity index (χ1) is 8.45. The van der Waals surface area contributed by atoms with Gasteiger partial charge in [0.1, 0.15) is 11.3 Å². The number of nitro groups is 1. The Hall–Kier alpha value is -2.11. The van der Waals surface area contributed by atoms with Crippen LogP contribution < -0.4 is 4.74 Å². The molecule has 0 aromatic heterocycles. The molecule has 1 aromatic carbocycles. The van der Waals surface area contributed by atoms with Gasteiger partial charge in [-0.25, -0.2) is 4.79 Å². The molecule has 18 heavy (non-hydrogen) atoms. The van der Waals surface area contributed by atoms with E-state index in [9.17, 15) is 14.9 Å². The van der Waals surface area contributed by atoms with Crippen LogP contribution in [0.3, 0.4) is 0 Å². The molecule has 6 nitrogen and oxygen atoms in total. The van der Waals surface area contributed by atoms with Crippen molar-refractivity contribution < 1.29 is 19.6 Å². The molecule has 6 heteroatoms. The van der Waals surface area contributed by atoms with Crippen molar-refractivity contribution in [2.45, 2.75) is 20.3 Å². The molecule has 1 N–H and O–H groups in total. The predicted octanol–water partition coefficient (Wildman–Crippen LogP) is 2.72. The lowest BCUT2D eigenvalue weighted by Gasteiger charge is -2.12. The van der Waals surface area contributed by atoms with Gasteiger partial charge < -0.3 is 9.84 Å². The Morgan fingerprint density at radius 2 is 2.22 bits per heavy atom. The molecule has 0 aliphatic heterocycles. The average Bonchev–Trinajstić information content (AvgIpc) is 2.35. The van der Waals surface area contributed by atoms with Crippen LogP contribution in [-0.4, -0.2) is 22.6 Å². The number of ether oxygens (including phenoxy) is 1. The first-order valence-corrected chi connectivity index (χ1v) is 5.60. The van der Waals surface area contributed by atoms with E-state index < -0.39 is 10.9 Å². The summed E-state index contributed by atoms with van der Waals surface area (Å²) in [7, 11) is 0. The Balaban J connectivity index is 2.97. The fourth-order valence-electron chi connectivity index (χ4n) is 1.27. The highest BCUT2D eigenvalue weighted by Gasteiger charge is 2.17. The van der Waals surface area contributed by atoms with E-state index in [2.05, 4.69) is 0 Å². The van der Waals surface area contributed by atoms with Gasteiger partial charge >= 0.3 is 5.97 Å². The maximum absolute atomic E-state index is 11.0. The van der Waals surface area contributed by atoms with Gasteiger partial charge in [-0.3, -0.25) is 10.1 Å². The van der Waals surface area contributed by atoms with Crippen LogP contribution in [0.4, 0.5) is 5.69 Å². The third-order valence-corrected chi connectivity index (χ3v) is 2.62. The largest absolute Gasteiger partial charge is 0.492 e. The highest BCUT2D eigenvalue weighted by molar-refractivity contribution is 5.91. The summed E-state index contributed by atoms with van der Waals surface area (Å²) in [5.41, 5.74) is -0.448. The van der Waals surface area contributed by atoms with Crippen molar-refractivity contribution in [3.05, 3.63) is 33.9 Å². The standard InChI is InChI=1S/C12H15NO5/c1-3-8(2)7-18-11-5-4-9(13(16)17)6-10(11)12(14)15/h4-6,8H,3,7H2,1-2H3,(H,14,15). The number of aromatic carboxylic acids is 1. The molecule has 98 valence electrons. The summed E-state index contributed by atoms with van der Waals surface area (Å²) < 4.78 is 5.38. The molecule has 0 spiro atoms. The summed E-state index contributed by atoms with van der Waals surface area (Å²) in [5, 5.41) is 19.6. The second kappa shape index (κ2) is 6.00. The Morgan fingerprint density at radius 3 is 2.72 bits per heavy atom. The zero-order valence-corrected chi connectivity index (χ0v) is 10.3. The number of nitro benzene ring substituents is 1. The van der Waals surface area contributed by atoms with Crippen molar-refractivity contribution in [1.29, 1.82) is 0 Å². The van der Waals surface area contributed by atoms with Crippen molar-refractivity contribution in [3.8, 4) is 5.75 Å². The topological polar surface area (TPSA) is 89.7 Å². The first kappa shape index (κ1) is 14.0. The van der Waals surface area contributed by atoms with Gasteiger partial charge in [0.15, 0.2) is 0 Å². The van der Waals surface area contributed by atoms with Gasteiger partial charge in [-0.2, -0.15) is 0 Å².